The summed E-state index contributed by atoms with van der Waals surface area (Å²) >= 11 is 6.92. The van der Waals surface area contributed by atoms with Crippen LogP contribution in [0.5, 0.6) is 0 Å². The van der Waals surface area contributed by atoms with E-state index >= 15 is 0 Å². The smallest absolute Gasteiger partial charge is 0.175 e. The Labute approximate surface area is 127 Å². The van der Waals surface area contributed by atoms with Gasteiger partial charge in [-0.3, -0.25) is 0 Å². The maximum Gasteiger partial charge on any atom is 0.175 e. The van der Waals surface area contributed by atoms with Gasteiger partial charge in [-0.2, -0.15) is 0 Å². The molecule has 0 aliphatic heterocycles. The van der Waals surface area contributed by atoms with E-state index in [0.29, 0.717) is 10.7 Å². The van der Waals surface area contributed by atoms with E-state index in [1.165, 1.54) is 11.0 Å². The van der Waals surface area contributed by atoms with E-state index in [2.05, 4.69) is 10.6 Å². The average Bonchev–Trinajstić information content (AvgIpc) is 2.44. The second kappa shape index (κ2) is 6.72. The molecule has 20 heavy (non-hydrogen) atoms. The highest BCUT2D eigenvalue weighted by atomic mass is 32.2. The molecule has 0 aliphatic carbocycles. The van der Waals surface area contributed by atoms with Crippen LogP contribution in [-0.4, -0.2) is 11.4 Å². The van der Waals surface area contributed by atoms with Gasteiger partial charge >= 0.3 is 0 Å². The van der Waals surface area contributed by atoms with Gasteiger partial charge in [0.25, 0.3) is 0 Å². The predicted molar refractivity (Wildman–Crippen MR) is 89.2 cm³/mol. The number of hydrogen-bond acceptors (Lipinski definition) is 2. The molecule has 2 nitrogen and oxygen atoms in total. The van der Waals surface area contributed by atoms with Crippen LogP contribution in [0.2, 0.25) is 0 Å². The van der Waals surface area contributed by atoms with Gasteiger partial charge < -0.3 is 10.6 Å². The molecule has 0 saturated heterocycles. The average molecular weight is 306 g/mol. The number of thioether (sulfide) groups is 1. The molecule has 2 rings (SSSR count). The highest BCUT2D eigenvalue weighted by Gasteiger charge is 2.02. The molecule has 2 N–H and O–H groups in total. The molecule has 0 bridgehead atoms. The summed E-state index contributed by atoms with van der Waals surface area (Å²) in [7, 11) is 0. The summed E-state index contributed by atoms with van der Waals surface area (Å²) in [6.45, 7) is 1.72. The Morgan fingerprint density at radius 3 is 2.25 bits per heavy atom. The molecule has 5 heteroatoms. The van der Waals surface area contributed by atoms with E-state index in [4.69, 9.17) is 12.2 Å². The minimum Gasteiger partial charge on any atom is -0.332 e. The maximum absolute atomic E-state index is 13.2. The third-order valence-electron chi connectivity index (χ3n) is 2.76. The van der Waals surface area contributed by atoms with Crippen LogP contribution in [0.1, 0.15) is 5.56 Å². The van der Waals surface area contributed by atoms with Crippen LogP contribution in [0.15, 0.2) is 47.4 Å². The van der Waals surface area contributed by atoms with Crippen molar-refractivity contribution < 1.29 is 4.39 Å². The van der Waals surface area contributed by atoms with E-state index in [9.17, 15) is 4.39 Å². The molecule has 0 fully saturated rings. The maximum atomic E-state index is 13.2. The van der Waals surface area contributed by atoms with E-state index < -0.39 is 0 Å². The number of anilines is 2. The number of thiocarbonyl (C=S) groups is 1. The minimum atomic E-state index is -0.220. The lowest BCUT2D eigenvalue weighted by Gasteiger charge is -2.11. The first-order valence-electron chi connectivity index (χ1n) is 6.06. The third-order valence-corrected chi connectivity index (χ3v) is 3.71. The van der Waals surface area contributed by atoms with E-state index in [1.807, 2.05) is 30.5 Å². The van der Waals surface area contributed by atoms with Gasteiger partial charge in [-0.1, -0.05) is 0 Å². The summed E-state index contributed by atoms with van der Waals surface area (Å²) in [6.07, 6.45) is 2.03. The van der Waals surface area contributed by atoms with E-state index in [0.717, 1.165) is 11.4 Å². The van der Waals surface area contributed by atoms with Crippen molar-refractivity contribution >= 4 is 40.5 Å². The highest BCUT2D eigenvalue weighted by Crippen LogP contribution is 2.18. The Kier molecular flexibility index (Phi) is 4.98. The second-order valence-electron chi connectivity index (χ2n) is 4.27. The summed E-state index contributed by atoms with van der Waals surface area (Å²) in [5, 5.41) is 6.61. The van der Waals surface area contributed by atoms with Crippen molar-refractivity contribution in [3.63, 3.8) is 0 Å². The molecule has 0 radical (unpaired) electrons. The molecular formula is C15H15FN2S2. The number of halogens is 1. The number of nitrogens with one attached hydrogen (secondary N) is 2. The Balaban J connectivity index is 1.99. The standard InChI is InChI=1S/C15H15FN2S2/c1-10-9-12(5-8-14(10)16)18-15(19)17-11-3-6-13(20-2)7-4-11/h3-9H,1-2H3,(H2,17,18,19). The number of benzene rings is 2. The Morgan fingerprint density at radius 2 is 1.65 bits per heavy atom. The van der Waals surface area contributed by atoms with E-state index in [-0.39, 0.29) is 5.82 Å². The van der Waals surface area contributed by atoms with Crippen molar-refractivity contribution in [2.45, 2.75) is 11.8 Å². The Bertz CT molecular complexity index is 612. The largest absolute Gasteiger partial charge is 0.332 e. The summed E-state index contributed by atoms with van der Waals surface area (Å²) < 4.78 is 13.2. The van der Waals surface area contributed by atoms with Crippen LogP contribution in [0, 0.1) is 12.7 Å². The SMILES string of the molecule is CSc1ccc(NC(=S)Nc2ccc(F)c(C)c2)cc1. The zero-order valence-corrected chi connectivity index (χ0v) is 12.9. The fraction of sp³-hybridized carbons (Fsp3) is 0.133. The molecule has 2 aromatic rings. The number of hydrogen-bond donors (Lipinski definition) is 2. The van der Waals surface area contributed by atoms with Crippen molar-refractivity contribution in [1.82, 2.24) is 0 Å². The van der Waals surface area contributed by atoms with Crippen molar-refractivity contribution in [3.05, 3.63) is 53.8 Å². The lowest BCUT2D eigenvalue weighted by molar-refractivity contribution is 0.619. The van der Waals surface area contributed by atoms with Gasteiger partial charge in [0.05, 0.1) is 0 Å². The molecule has 0 spiro atoms. The fourth-order valence-corrected chi connectivity index (χ4v) is 2.33. The first kappa shape index (κ1) is 14.8. The van der Waals surface area contributed by atoms with Gasteiger partial charge in [-0.05, 0) is 73.4 Å². The molecule has 0 aromatic heterocycles. The van der Waals surface area contributed by atoms with Crippen molar-refractivity contribution in [2.24, 2.45) is 0 Å². The van der Waals surface area contributed by atoms with Crippen LogP contribution >= 0.6 is 24.0 Å². The summed E-state index contributed by atoms with van der Waals surface area (Å²) in [5.74, 6) is -0.220. The monoisotopic (exact) mass is 306 g/mol. The first-order valence-corrected chi connectivity index (χ1v) is 7.70. The lowest BCUT2D eigenvalue weighted by atomic mass is 10.2. The van der Waals surface area contributed by atoms with Crippen LogP contribution in [0.25, 0.3) is 0 Å². The number of rotatable bonds is 3. The van der Waals surface area contributed by atoms with Crippen molar-refractivity contribution in [3.8, 4) is 0 Å². The Hall–Kier alpha value is -1.59. The predicted octanol–water partition coefficient (Wildman–Crippen LogP) is 4.66. The number of aryl methyl sites for hydroxylation is 1. The summed E-state index contributed by atoms with van der Waals surface area (Å²) in [5.41, 5.74) is 2.27. The fourth-order valence-electron chi connectivity index (χ4n) is 1.69. The molecule has 104 valence electrons. The molecule has 0 atom stereocenters. The normalized spacial score (nSPS) is 10.2. The van der Waals surface area contributed by atoms with Crippen LogP contribution in [0.4, 0.5) is 15.8 Å². The first-order chi connectivity index (χ1) is 9.58. The second-order valence-corrected chi connectivity index (χ2v) is 5.56. The van der Waals surface area contributed by atoms with Gasteiger partial charge in [-0.25, -0.2) is 4.39 Å². The van der Waals surface area contributed by atoms with Crippen molar-refractivity contribution in [1.29, 1.82) is 0 Å². The van der Waals surface area contributed by atoms with Gasteiger partial charge in [0.15, 0.2) is 5.11 Å². The van der Waals surface area contributed by atoms with Gasteiger partial charge in [0.1, 0.15) is 5.82 Å². The van der Waals surface area contributed by atoms with Crippen LogP contribution in [-0.2, 0) is 0 Å². The topological polar surface area (TPSA) is 24.1 Å². The zero-order valence-electron chi connectivity index (χ0n) is 11.2. The minimum absolute atomic E-state index is 0.220. The van der Waals surface area contributed by atoms with Crippen molar-refractivity contribution in [2.75, 3.05) is 16.9 Å². The lowest BCUT2D eigenvalue weighted by Crippen LogP contribution is -2.19. The summed E-state index contributed by atoms with van der Waals surface area (Å²) in [6, 6.07) is 12.8. The molecule has 0 saturated carbocycles. The molecule has 2 aromatic carbocycles. The van der Waals surface area contributed by atoms with Gasteiger partial charge in [-0.15, -0.1) is 11.8 Å². The van der Waals surface area contributed by atoms with Gasteiger partial charge in [0, 0.05) is 16.3 Å². The molecule has 0 unspecified atom stereocenters. The molecular weight excluding hydrogens is 291 g/mol. The quantitative estimate of drug-likeness (QED) is 0.636. The van der Waals surface area contributed by atoms with Gasteiger partial charge in [0.2, 0.25) is 0 Å². The van der Waals surface area contributed by atoms with Crippen LogP contribution in [0.3, 0.4) is 0 Å². The van der Waals surface area contributed by atoms with E-state index in [1.54, 1.807) is 30.8 Å². The zero-order chi connectivity index (χ0) is 14.5. The highest BCUT2D eigenvalue weighted by molar-refractivity contribution is 7.98. The summed E-state index contributed by atoms with van der Waals surface area (Å²) in [4.78, 5) is 1.20. The molecule has 0 amide bonds. The molecule has 0 aliphatic rings. The third kappa shape index (κ3) is 3.95. The molecule has 0 heterocycles. The van der Waals surface area contributed by atoms with Crippen LogP contribution < -0.4 is 10.6 Å². The Morgan fingerprint density at radius 1 is 1.05 bits per heavy atom.